The first-order chi connectivity index (χ1) is 10.2. The van der Waals surface area contributed by atoms with Crippen molar-refractivity contribution in [1.29, 1.82) is 0 Å². The fourth-order valence-electron chi connectivity index (χ4n) is 2.39. The van der Waals surface area contributed by atoms with E-state index in [0.29, 0.717) is 12.5 Å². The highest BCUT2D eigenvalue weighted by atomic mass is 19.1. The van der Waals surface area contributed by atoms with Crippen LogP contribution in [0.2, 0.25) is 0 Å². The number of nitrogens with one attached hydrogen (secondary N) is 1. The second kappa shape index (κ2) is 7.69. The van der Waals surface area contributed by atoms with Crippen LogP contribution >= 0.6 is 0 Å². The Kier molecular flexibility index (Phi) is 5.63. The minimum Gasteiger partial charge on any atom is -0.352 e. The Hall–Kier alpha value is -2.01. The Morgan fingerprint density at radius 1 is 1.10 bits per heavy atom. The largest absolute Gasteiger partial charge is 0.352 e. The Morgan fingerprint density at radius 2 is 1.71 bits per heavy atom. The molecule has 0 fully saturated rings. The molecule has 0 aliphatic heterocycles. The minimum absolute atomic E-state index is 0.231. The zero-order chi connectivity index (χ0) is 15.1. The summed E-state index contributed by atoms with van der Waals surface area (Å²) in [7, 11) is 0. The molecule has 0 amide bonds. The van der Waals surface area contributed by atoms with E-state index < -0.39 is 5.82 Å². The Balaban J connectivity index is 2.10. The molecule has 1 unspecified atom stereocenters. The van der Waals surface area contributed by atoms with E-state index in [4.69, 9.17) is 0 Å². The molecule has 2 aromatic rings. The molecule has 2 rings (SSSR count). The standard InChI is InChI=1S/C16H21FN4/c1-3-21(4-2)15(13-8-6-5-7-9-13)12-20-16-18-10-14(17)11-19-16/h5-11,15H,3-4,12H2,1-2H3,(H,18,19,20). The predicted octanol–water partition coefficient (Wildman–Crippen LogP) is 3.11. The molecule has 0 radical (unpaired) electrons. The SMILES string of the molecule is CCN(CC)C(CNc1ncc(F)cn1)c1ccccc1. The third-order valence-corrected chi connectivity index (χ3v) is 3.51. The van der Waals surface area contributed by atoms with Crippen LogP contribution in [0, 0.1) is 5.82 Å². The van der Waals surface area contributed by atoms with Gasteiger partial charge in [0, 0.05) is 6.54 Å². The quantitative estimate of drug-likeness (QED) is 0.850. The zero-order valence-electron chi connectivity index (χ0n) is 12.5. The van der Waals surface area contributed by atoms with E-state index in [-0.39, 0.29) is 6.04 Å². The van der Waals surface area contributed by atoms with Gasteiger partial charge in [-0.1, -0.05) is 44.2 Å². The first-order valence-corrected chi connectivity index (χ1v) is 7.25. The third-order valence-electron chi connectivity index (χ3n) is 3.51. The highest BCUT2D eigenvalue weighted by molar-refractivity contribution is 5.26. The lowest BCUT2D eigenvalue weighted by Gasteiger charge is -2.30. The molecule has 0 saturated heterocycles. The Labute approximate surface area is 125 Å². The van der Waals surface area contributed by atoms with E-state index in [0.717, 1.165) is 13.1 Å². The average molecular weight is 288 g/mol. The molecule has 1 N–H and O–H groups in total. The molecule has 21 heavy (non-hydrogen) atoms. The molecule has 112 valence electrons. The fourth-order valence-corrected chi connectivity index (χ4v) is 2.39. The molecular weight excluding hydrogens is 267 g/mol. The van der Waals surface area contributed by atoms with Crippen molar-refractivity contribution in [2.24, 2.45) is 0 Å². The Morgan fingerprint density at radius 3 is 2.29 bits per heavy atom. The summed E-state index contributed by atoms with van der Waals surface area (Å²) in [6.07, 6.45) is 2.34. The van der Waals surface area contributed by atoms with Gasteiger partial charge in [0.1, 0.15) is 0 Å². The van der Waals surface area contributed by atoms with Gasteiger partial charge in [0.15, 0.2) is 5.82 Å². The first kappa shape index (κ1) is 15.4. The van der Waals surface area contributed by atoms with Crippen LogP contribution in [0.5, 0.6) is 0 Å². The summed E-state index contributed by atoms with van der Waals surface area (Å²) in [6, 6.07) is 10.6. The lowest BCUT2D eigenvalue weighted by molar-refractivity contribution is 0.228. The van der Waals surface area contributed by atoms with Crippen LogP contribution < -0.4 is 5.32 Å². The van der Waals surface area contributed by atoms with Gasteiger partial charge < -0.3 is 5.32 Å². The molecule has 5 heteroatoms. The molecule has 0 aliphatic rings. The smallest absolute Gasteiger partial charge is 0.222 e. The summed E-state index contributed by atoms with van der Waals surface area (Å²) in [5, 5.41) is 3.19. The number of benzene rings is 1. The van der Waals surface area contributed by atoms with Crippen LogP contribution in [0.3, 0.4) is 0 Å². The first-order valence-electron chi connectivity index (χ1n) is 7.25. The van der Waals surface area contributed by atoms with Crippen molar-refractivity contribution in [3.05, 3.63) is 54.1 Å². The van der Waals surface area contributed by atoms with Gasteiger partial charge in [0.05, 0.1) is 18.4 Å². The van der Waals surface area contributed by atoms with Gasteiger partial charge >= 0.3 is 0 Å². The number of hydrogen-bond donors (Lipinski definition) is 1. The van der Waals surface area contributed by atoms with E-state index in [1.165, 1.54) is 18.0 Å². The second-order valence-corrected chi connectivity index (χ2v) is 4.75. The number of nitrogens with zero attached hydrogens (tertiary/aromatic N) is 3. The lowest BCUT2D eigenvalue weighted by atomic mass is 10.1. The number of anilines is 1. The molecule has 0 saturated carbocycles. The van der Waals surface area contributed by atoms with Crippen LogP contribution in [-0.2, 0) is 0 Å². The molecule has 0 bridgehead atoms. The summed E-state index contributed by atoms with van der Waals surface area (Å²) < 4.78 is 12.8. The van der Waals surface area contributed by atoms with Crippen molar-refractivity contribution in [3.8, 4) is 0 Å². The summed E-state index contributed by atoms with van der Waals surface area (Å²) in [5.74, 6) is 0.0217. The van der Waals surface area contributed by atoms with Crippen molar-refractivity contribution in [1.82, 2.24) is 14.9 Å². The third kappa shape index (κ3) is 4.23. The normalized spacial score (nSPS) is 12.4. The zero-order valence-corrected chi connectivity index (χ0v) is 12.5. The van der Waals surface area contributed by atoms with Crippen LogP contribution in [-0.4, -0.2) is 34.5 Å². The van der Waals surface area contributed by atoms with Crippen LogP contribution in [0.25, 0.3) is 0 Å². The second-order valence-electron chi connectivity index (χ2n) is 4.75. The van der Waals surface area contributed by atoms with Gasteiger partial charge in [-0.25, -0.2) is 14.4 Å². The molecular formula is C16H21FN4. The van der Waals surface area contributed by atoms with Crippen molar-refractivity contribution >= 4 is 5.95 Å². The monoisotopic (exact) mass is 288 g/mol. The molecule has 1 atom stereocenters. The summed E-state index contributed by atoms with van der Waals surface area (Å²) in [4.78, 5) is 10.2. The number of halogens is 1. The van der Waals surface area contributed by atoms with E-state index in [1.54, 1.807) is 0 Å². The van der Waals surface area contributed by atoms with Gasteiger partial charge in [-0.3, -0.25) is 4.90 Å². The van der Waals surface area contributed by atoms with Crippen molar-refractivity contribution in [3.63, 3.8) is 0 Å². The number of likely N-dealkylation sites (N-methyl/N-ethyl adjacent to an activating group) is 1. The van der Waals surface area contributed by atoms with E-state index >= 15 is 0 Å². The van der Waals surface area contributed by atoms with Gasteiger partial charge in [0.2, 0.25) is 5.95 Å². The van der Waals surface area contributed by atoms with Gasteiger partial charge in [0.25, 0.3) is 0 Å². The Bertz CT molecular complexity index is 526. The van der Waals surface area contributed by atoms with Crippen LogP contribution in [0.15, 0.2) is 42.7 Å². The number of hydrogen-bond acceptors (Lipinski definition) is 4. The summed E-state index contributed by atoms with van der Waals surface area (Å²) in [5.41, 5.74) is 1.25. The highest BCUT2D eigenvalue weighted by Gasteiger charge is 2.17. The maximum absolute atomic E-state index is 12.8. The van der Waals surface area contributed by atoms with Gasteiger partial charge in [-0.2, -0.15) is 0 Å². The molecule has 1 aromatic heterocycles. The maximum Gasteiger partial charge on any atom is 0.222 e. The average Bonchev–Trinajstić information content (AvgIpc) is 2.54. The number of rotatable bonds is 7. The summed E-state index contributed by atoms with van der Waals surface area (Å²) in [6.45, 7) is 6.89. The van der Waals surface area contributed by atoms with Crippen molar-refractivity contribution in [2.75, 3.05) is 25.0 Å². The fraction of sp³-hybridized carbons (Fsp3) is 0.375. The molecule has 4 nitrogen and oxygen atoms in total. The number of aromatic nitrogens is 2. The molecule has 0 aliphatic carbocycles. The lowest BCUT2D eigenvalue weighted by Crippen LogP contribution is -2.33. The van der Waals surface area contributed by atoms with Gasteiger partial charge in [-0.15, -0.1) is 0 Å². The van der Waals surface area contributed by atoms with E-state index in [1.807, 2.05) is 18.2 Å². The predicted molar refractivity (Wildman–Crippen MR) is 82.6 cm³/mol. The van der Waals surface area contributed by atoms with Crippen LogP contribution in [0.1, 0.15) is 25.5 Å². The molecule has 1 heterocycles. The molecule has 1 aromatic carbocycles. The van der Waals surface area contributed by atoms with Crippen LogP contribution in [0.4, 0.5) is 10.3 Å². The highest BCUT2D eigenvalue weighted by Crippen LogP contribution is 2.20. The van der Waals surface area contributed by atoms with Crippen molar-refractivity contribution in [2.45, 2.75) is 19.9 Å². The minimum atomic E-state index is -0.427. The summed E-state index contributed by atoms with van der Waals surface area (Å²) >= 11 is 0. The maximum atomic E-state index is 12.8. The topological polar surface area (TPSA) is 41.0 Å². The van der Waals surface area contributed by atoms with E-state index in [2.05, 4.69) is 46.2 Å². The van der Waals surface area contributed by atoms with E-state index in [9.17, 15) is 4.39 Å². The van der Waals surface area contributed by atoms with Crippen molar-refractivity contribution < 1.29 is 4.39 Å². The molecule has 0 spiro atoms. The van der Waals surface area contributed by atoms with Gasteiger partial charge in [-0.05, 0) is 18.7 Å².